The molecule has 0 amide bonds. The maximum atomic E-state index is 9.12. The minimum Gasteiger partial charge on any atom is -0.474 e. The van der Waals surface area contributed by atoms with E-state index in [0.29, 0.717) is 6.42 Å². The molecule has 0 aliphatic heterocycles. The molecule has 0 bridgehead atoms. The number of rotatable bonds is 8. The molecule has 2 N–H and O–H groups in total. The van der Waals surface area contributed by atoms with Crippen molar-refractivity contribution in [2.45, 2.75) is 45.1 Å². The molecule has 0 heterocycles. The summed E-state index contributed by atoms with van der Waals surface area (Å²) in [6.07, 6.45) is 7.17. The van der Waals surface area contributed by atoms with Crippen molar-refractivity contribution in [2.75, 3.05) is 6.61 Å². The molecule has 0 aromatic carbocycles. The van der Waals surface area contributed by atoms with E-state index in [1.54, 1.807) is 0 Å². The number of aliphatic hydroxyl groups is 2. The lowest BCUT2D eigenvalue weighted by atomic mass is 10.1. The Bertz CT molecular complexity index is 129. The molecular weight excluding hydrogens is 192 g/mol. The summed E-state index contributed by atoms with van der Waals surface area (Å²) in [7, 11) is 0. The Labute approximate surface area is 93.1 Å². The minimum absolute atomic E-state index is 0.104. The second-order valence-corrected chi connectivity index (χ2v) is 3.13. The van der Waals surface area contributed by atoms with Crippen LogP contribution in [0.5, 0.6) is 0 Å². The molecule has 0 rings (SSSR count). The normalized spacial score (nSPS) is 10.9. The van der Waals surface area contributed by atoms with Crippen LogP contribution in [0.2, 0.25) is 0 Å². The quantitative estimate of drug-likeness (QED) is 0.484. The zero-order chi connectivity index (χ0) is 11.9. The highest BCUT2D eigenvalue weighted by atomic mass is 16.5. The van der Waals surface area contributed by atoms with E-state index in [4.69, 9.17) is 10.2 Å². The van der Waals surface area contributed by atoms with E-state index in [1.807, 2.05) is 0 Å². The first-order chi connectivity index (χ1) is 7.22. The van der Waals surface area contributed by atoms with Crippen molar-refractivity contribution in [3.8, 4) is 0 Å². The predicted octanol–water partition coefficient (Wildman–Crippen LogP) is 2.60. The van der Waals surface area contributed by atoms with Gasteiger partial charge in [0.05, 0.1) is 18.6 Å². The van der Waals surface area contributed by atoms with Crippen molar-refractivity contribution >= 4 is 0 Å². The molecule has 0 saturated carbocycles. The van der Waals surface area contributed by atoms with Gasteiger partial charge in [-0.25, -0.2) is 0 Å². The van der Waals surface area contributed by atoms with Gasteiger partial charge in [-0.05, 0) is 12.8 Å². The minimum atomic E-state index is -0.281. The van der Waals surface area contributed by atoms with E-state index in [0.717, 1.165) is 12.8 Å². The van der Waals surface area contributed by atoms with Crippen LogP contribution in [0.25, 0.3) is 0 Å². The van der Waals surface area contributed by atoms with Gasteiger partial charge in [0.25, 0.3) is 0 Å². The summed E-state index contributed by atoms with van der Waals surface area (Å²) >= 11 is 0. The van der Waals surface area contributed by atoms with Crippen molar-refractivity contribution in [3.63, 3.8) is 0 Å². The van der Waals surface area contributed by atoms with Crippen molar-refractivity contribution in [1.29, 1.82) is 0 Å². The molecule has 0 spiro atoms. The predicted molar refractivity (Wildman–Crippen MR) is 63.3 cm³/mol. The molecule has 3 nitrogen and oxygen atoms in total. The lowest BCUT2D eigenvalue weighted by Gasteiger charge is -2.06. The van der Waals surface area contributed by atoms with Crippen LogP contribution in [0.4, 0.5) is 0 Å². The highest BCUT2D eigenvalue weighted by molar-refractivity contribution is 4.57. The number of ether oxygens (including phenoxy) is 1. The molecule has 0 aromatic rings. The molecule has 0 aromatic heterocycles. The summed E-state index contributed by atoms with van der Waals surface area (Å²) in [6.45, 7) is 8.76. The third-order valence-electron chi connectivity index (χ3n) is 1.80. The zero-order valence-electron chi connectivity index (χ0n) is 9.69. The number of hydrogen-bond acceptors (Lipinski definition) is 3. The Kier molecular flexibility index (Phi) is 17.4. The third kappa shape index (κ3) is 19.6. The molecule has 3 heteroatoms. The van der Waals surface area contributed by atoms with E-state index >= 15 is 0 Å². The first-order valence-electron chi connectivity index (χ1n) is 5.39. The fourth-order valence-corrected chi connectivity index (χ4v) is 0.991. The Hall–Kier alpha value is -0.800. The van der Waals surface area contributed by atoms with Gasteiger partial charge in [-0.1, -0.05) is 39.3 Å². The Morgan fingerprint density at radius 2 is 1.80 bits per heavy atom. The molecule has 15 heavy (non-hydrogen) atoms. The molecule has 0 aliphatic carbocycles. The van der Waals surface area contributed by atoms with Crippen molar-refractivity contribution in [2.24, 2.45) is 0 Å². The van der Waals surface area contributed by atoms with Crippen LogP contribution in [-0.2, 0) is 4.74 Å². The average molecular weight is 216 g/mol. The molecule has 0 fully saturated rings. The van der Waals surface area contributed by atoms with Gasteiger partial charge in [0.2, 0.25) is 0 Å². The summed E-state index contributed by atoms with van der Waals surface area (Å²) in [5, 5.41) is 17.5. The van der Waals surface area contributed by atoms with Gasteiger partial charge in [0.15, 0.2) is 0 Å². The number of hydrogen-bond donors (Lipinski definition) is 2. The van der Waals surface area contributed by atoms with Gasteiger partial charge >= 0.3 is 0 Å². The van der Waals surface area contributed by atoms with Gasteiger partial charge in [-0.2, -0.15) is 0 Å². The summed E-state index contributed by atoms with van der Waals surface area (Å²) in [4.78, 5) is 0. The zero-order valence-corrected chi connectivity index (χ0v) is 9.69. The Morgan fingerprint density at radius 1 is 1.20 bits per heavy atom. The van der Waals surface area contributed by atoms with Crippen molar-refractivity contribution in [3.05, 3.63) is 25.7 Å². The van der Waals surface area contributed by atoms with E-state index in [2.05, 4.69) is 24.8 Å². The Morgan fingerprint density at radius 3 is 2.13 bits per heavy atom. The molecule has 0 saturated heterocycles. The van der Waals surface area contributed by atoms with Gasteiger partial charge < -0.3 is 14.9 Å². The van der Waals surface area contributed by atoms with Crippen molar-refractivity contribution in [1.82, 2.24) is 0 Å². The summed E-state index contributed by atoms with van der Waals surface area (Å²) < 4.78 is 4.36. The fraction of sp³-hybridized carbons (Fsp3) is 0.667. The maximum Gasteiger partial charge on any atom is 0.0829 e. The number of unbranched alkanes of at least 4 members (excludes halogenated alkanes) is 2. The molecule has 90 valence electrons. The average Bonchev–Trinajstić information content (AvgIpc) is 2.21. The van der Waals surface area contributed by atoms with Gasteiger partial charge in [0.1, 0.15) is 0 Å². The molecular formula is C12H24O3. The summed E-state index contributed by atoms with van der Waals surface area (Å²) in [5.41, 5.74) is 0. The highest BCUT2D eigenvalue weighted by Crippen LogP contribution is 2.05. The van der Waals surface area contributed by atoms with Crippen LogP contribution < -0.4 is 0 Å². The largest absolute Gasteiger partial charge is 0.474 e. The second kappa shape index (κ2) is 15.7. The van der Waals surface area contributed by atoms with Crippen LogP contribution in [-0.4, -0.2) is 22.9 Å². The van der Waals surface area contributed by atoms with E-state index in [9.17, 15) is 0 Å². The maximum absolute atomic E-state index is 9.12. The monoisotopic (exact) mass is 216 g/mol. The third-order valence-corrected chi connectivity index (χ3v) is 1.80. The van der Waals surface area contributed by atoms with Crippen LogP contribution in [0.1, 0.15) is 39.0 Å². The summed E-state index contributed by atoms with van der Waals surface area (Å²) in [5.74, 6) is 0. The van der Waals surface area contributed by atoms with E-state index in [1.165, 1.54) is 25.4 Å². The first-order valence-corrected chi connectivity index (χ1v) is 5.39. The van der Waals surface area contributed by atoms with Crippen LogP contribution in [0.3, 0.4) is 0 Å². The standard InChI is InChI=1S/C8H18O2.C4H6O/c1-2-3-4-5-8(10)6-7-9;1-3-5-4-2/h8-10H,2-7H2,1H3;3-4H,1-2H2. The SMILES string of the molecule is C=COC=C.CCCCCC(O)CCO. The second-order valence-electron chi connectivity index (χ2n) is 3.13. The summed E-state index contributed by atoms with van der Waals surface area (Å²) in [6, 6.07) is 0. The first kappa shape index (κ1) is 16.6. The molecule has 1 atom stereocenters. The van der Waals surface area contributed by atoms with Gasteiger partial charge in [0, 0.05) is 6.61 Å². The fourth-order valence-electron chi connectivity index (χ4n) is 0.991. The van der Waals surface area contributed by atoms with Gasteiger partial charge in [-0.3, -0.25) is 0 Å². The van der Waals surface area contributed by atoms with E-state index in [-0.39, 0.29) is 12.7 Å². The highest BCUT2D eigenvalue weighted by Gasteiger charge is 2.00. The van der Waals surface area contributed by atoms with E-state index < -0.39 is 0 Å². The van der Waals surface area contributed by atoms with Gasteiger partial charge in [-0.15, -0.1) is 0 Å². The Balaban J connectivity index is 0. The van der Waals surface area contributed by atoms with Crippen LogP contribution in [0.15, 0.2) is 25.7 Å². The number of aliphatic hydroxyl groups excluding tert-OH is 2. The van der Waals surface area contributed by atoms with Crippen molar-refractivity contribution < 1.29 is 14.9 Å². The van der Waals surface area contributed by atoms with Crippen LogP contribution in [0, 0.1) is 0 Å². The molecule has 0 radical (unpaired) electrons. The van der Waals surface area contributed by atoms with Crippen LogP contribution >= 0.6 is 0 Å². The smallest absolute Gasteiger partial charge is 0.0829 e. The lowest BCUT2D eigenvalue weighted by Crippen LogP contribution is -2.07. The molecule has 1 unspecified atom stereocenters. The lowest BCUT2D eigenvalue weighted by molar-refractivity contribution is 0.122. The molecule has 0 aliphatic rings. The topological polar surface area (TPSA) is 49.7 Å².